The predicted octanol–water partition coefficient (Wildman–Crippen LogP) is 2.89. The summed E-state index contributed by atoms with van der Waals surface area (Å²) in [4.78, 5) is 2.67. The van der Waals surface area contributed by atoms with Crippen molar-refractivity contribution in [3.63, 3.8) is 0 Å². The van der Waals surface area contributed by atoms with Crippen LogP contribution in [0, 0.1) is 11.8 Å². The lowest BCUT2D eigenvalue weighted by Gasteiger charge is -2.38. The smallest absolute Gasteiger partial charge is 0.0200 e. The van der Waals surface area contributed by atoms with Gasteiger partial charge in [0.15, 0.2) is 0 Å². The Hall–Kier alpha value is -0.0800. The zero-order valence-electron chi connectivity index (χ0n) is 11.9. The van der Waals surface area contributed by atoms with E-state index in [1.165, 1.54) is 51.7 Å². The number of hydrogen-bond acceptors (Lipinski definition) is 2. The van der Waals surface area contributed by atoms with Crippen molar-refractivity contribution in [2.45, 2.75) is 65.0 Å². The van der Waals surface area contributed by atoms with E-state index in [4.69, 9.17) is 0 Å². The summed E-state index contributed by atoms with van der Waals surface area (Å²) in [6, 6.07) is 1.58. The summed E-state index contributed by atoms with van der Waals surface area (Å²) in [5.41, 5.74) is 0. The number of hydrogen-bond donors (Lipinski definition) is 1. The number of piperidine rings is 1. The molecule has 0 spiro atoms. The van der Waals surface area contributed by atoms with Crippen LogP contribution in [0.3, 0.4) is 0 Å². The molecular weight excluding hydrogens is 208 g/mol. The van der Waals surface area contributed by atoms with E-state index in [1.54, 1.807) is 0 Å². The molecule has 2 rings (SSSR count). The van der Waals surface area contributed by atoms with Gasteiger partial charge in [-0.2, -0.15) is 0 Å². The van der Waals surface area contributed by atoms with Crippen molar-refractivity contribution in [3.05, 3.63) is 0 Å². The van der Waals surface area contributed by atoms with Crippen LogP contribution in [0.1, 0.15) is 52.9 Å². The Morgan fingerprint density at radius 1 is 1.12 bits per heavy atom. The molecule has 1 heterocycles. The first kappa shape index (κ1) is 13.4. The second kappa shape index (κ2) is 6.19. The van der Waals surface area contributed by atoms with E-state index in [-0.39, 0.29) is 0 Å². The average Bonchev–Trinajstić information content (AvgIpc) is 2.67. The highest BCUT2D eigenvalue weighted by atomic mass is 15.2. The van der Waals surface area contributed by atoms with Gasteiger partial charge in [-0.1, -0.05) is 33.6 Å². The van der Waals surface area contributed by atoms with Crippen molar-refractivity contribution in [3.8, 4) is 0 Å². The van der Waals surface area contributed by atoms with Crippen LogP contribution < -0.4 is 5.32 Å². The van der Waals surface area contributed by atoms with Crippen LogP contribution in [-0.2, 0) is 0 Å². The topological polar surface area (TPSA) is 15.3 Å². The molecule has 2 atom stereocenters. The van der Waals surface area contributed by atoms with E-state index in [9.17, 15) is 0 Å². The van der Waals surface area contributed by atoms with Crippen LogP contribution in [0.25, 0.3) is 0 Å². The number of rotatable bonds is 4. The molecule has 0 amide bonds. The monoisotopic (exact) mass is 238 g/mol. The van der Waals surface area contributed by atoms with E-state index in [2.05, 4.69) is 31.0 Å². The van der Waals surface area contributed by atoms with Crippen molar-refractivity contribution in [1.29, 1.82) is 0 Å². The second-order valence-electron chi connectivity index (χ2n) is 6.80. The molecule has 0 aromatic heterocycles. The van der Waals surface area contributed by atoms with E-state index in [0.29, 0.717) is 0 Å². The zero-order valence-corrected chi connectivity index (χ0v) is 11.9. The zero-order chi connectivity index (χ0) is 12.3. The van der Waals surface area contributed by atoms with Gasteiger partial charge in [-0.15, -0.1) is 0 Å². The molecule has 2 unspecified atom stereocenters. The summed E-state index contributed by atoms with van der Waals surface area (Å²) < 4.78 is 0. The molecule has 100 valence electrons. The van der Waals surface area contributed by atoms with Crippen LogP contribution in [0.15, 0.2) is 0 Å². The predicted molar refractivity (Wildman–Crippen MR) is 74.2 cm³/mol. The van der Waals surface area contributed by atoms with Crippen molar-refractivity contribution < 1.29 is 0 Å². The normalized spacial score (nSPS) is 32.5. The van der Waals surface area contributed by atoms with Gasteiger partial charge in [0.1, 0.15) is 0 Å². The Morgan fingerprint density at radius 3 is 2.47 bits per heavy atom. The lowest BCUT2D eigenvalue weighted by Crippen LogP contribution is -2.51. The average molecular weight is 238 g/mol. The SMILES string of the molecule is CC(C)CN1CC(C)CC(NC2CCCC2)C1. The van der Waals surface area contributed by atoms with Gasteiger partial charge < -0.3 is 10.2 Å². The molecule has 2 nitrogen and oxygen atoms in total. The first-order valence-electron chi connectivity index (χ1n) is 7.62. The van der Waals surface area contributed by atoms with Crippen molar-refractivity contribution >= 4 is 0 Å². The molecule has 1 N–H and O–H groups in total. The van der Waals surface area contributed by atoms with Gasteiger partial charge in [-0.3, -0.25) is 0 Å². The van der Waals surface area contributed by atoms with E-state index >= 15 is 0 Å². The van der Waals surface area contributed by atoms with Crippen molar-refractivity contribution in [2.24, 2.45) is 11.8 Å². The van der Waals surface area contributed by atoms with Crippen LogP contribution in [-0.4, -0.2) is 36.6 Å². The van der Waals surface area contributed by atoms with E-state index < -0.39 is 0 Å². The Morgan fingerprint density at radius 2 is 1.82 bits per heavy atom. The molecule has 1 aliphatic carbocycles. The van der Waals surface area contributed by atoms with Gasteiger partial charge in [-0.05, 0) is 31.1 Å². The van der Waals surface area contributed by atoms with Gasteiger partial charge >= 0.3 is 0 Å². The highest BCUT2D eigenvalue weighted by molar-refractivity contribution is 4.86. The highest BCUT2D eigenvalue weighted by Crippen LogP contribution is 2.22. The summed E-state index contributed by atoms with van der Waals surface area (Å²) >= 11 is 0. The number of likely N-dealkylation sites (tertiary alicyclic amines) is 1. The molecule has 1 saturated carbocycles. The molecule has 2 fully saturated rings. The Balaban J connectivity index is 1.80. The molecule has 2 aliphatic rings. The third-order valence-corrected chi connectivity index (χ3v) is 4.19. The molecule has 17 heavy (non-hydrogen) atoms. The lowest BCUT2D eigenvalue weighted by molar-refractivity contribution is 0.130. The second-order valence-corrected chi connectivity index (χ2v) is 6.80. The molecule has 0 radical (unpaired) electrons. The van der Waals surface area contributed by atoms with E-state index in [1.807, 2.05) is 0 Å². The summed E-state index contributed by atoms with van der Waals surface area (Å²) in [5, 5.41) is 3.91. The first-order valence-corrected chi connectivity index (χ1v) is 7.62. The minimum Gasteiger partial charge on any atom is -0.310 e. The summed E-state index contributed by atoms with van der Waals surface area (Å²) in [6.07, 6.45) is 7.08. The molecule has 0 aromatic carbocycles. The highest BCUT2D eigenvalue weighted by Gasteiger charge is 2.27. The minimum atomic E-state index is 0.751. The summed E-state index contributed by atoms with van der Waals surface area (Å²) in [6.45, 7) is 10.9. The van der Waals surface area contributed by atoms with E-state index in [0.717, 1.165) is 23.9 Å². The Bertz CT molecular complexity index is 219. The molecule has 0 aromatic rings. The first-order chi connectivity index (χ1) is 8.13. The maximum Gasteiger partial charge on any atom is 0.0200 e. The lowest BCUT2D eigenvalue weighted by atomic mass is 9.94. The standard InChI is InChI=1S/C15H30N2/c1-12(2)9-17-10-13(3)8-15(11-17)16-14-6-4-5-7-14/h12-16H,4-11H2,1-3H3. The van der Waals surface area contributed by atoms with Gasteiger partial charge in [-0.25, -0.2) is 0 Å². The maximum absolute atomic E-state index is 3.91. The maximum atomic E-state index is 3.91. The van der Waals surface area contributed by atoms with Crippen molar-refractivity contribution in [2.75, 3.05) is 19.6 Å². The molecule has 2 heteroatoms. The third-order valence-electron chi connectivity index (χ3n) is 4.19. The molecule has 1 aliphatic heterocycles. The van der Waals surface area contributed by atoms with Crippen LogP contribution in [0.5, 0.6) is 0 Å². The van der Waals surface area contributed by atoms with Crippen LogP contribution in [0.2, 0.25) is 0 Å². The fraction of sp³-hybridized carbons (Fsp3) is 1.00. The Labute approximate surface area is 107 Å². The number of nitrogens with zero attached hydrogens (tertiary/aromatic N) is 1. The molecule has 0 bridgehead atoms. The minimum absolute atomic E-state index is 0.751. The van der Waals surface area contributed by atoms with Crippen molar-refractivity contribution in [1.82, 2.24) is 10.2 Å². The van der Waals surface area contributed by atoms with Gasteiger partial charge in [0.05, 0.1) is 0 Å². The summed E-state index contributed by atoms with van der Waals surface area (Å²) in [5.74, 6) is 1.66. The Kier molecular flexibility index (Phi) is 4.87. The van der Waals surface area contributed by atoms with Gasteiger partial charge in [0, 0.05) is 31.7 Å². The fourth-order valence-electron chi connectivity index (χ4n) is 3.67. The quantitative estimate of drug-likeness (QED) is 0.810. The van der Waals surface area contributed by atoms with Gasteiger partial charge in [0.2, 0.25) is 0 Å². The third kappa shape index (κ3) is 4.26. The van der Waals surface area contributed by atoms with Crippen LogP contribution in [0.4, 0.5) is 0 Å². The largest absolute Gasteiger partial charge is 0.310 e. The summed E-state index contributed by atoms with van der Waals surface area (Å²) in [7, 11) is 0. The van der Waals surface area contributed by atoms with Crippen LogP contribution >= 0.6 is 0 Å². The van der Waals surface area contributed by atoms with Gasteiger partial charge in [0.25, 0.3) is 0 Å². The molecule has 1 saturated heterocycles. The fourth-order valence-corrected chi connectivity index (χ4v) is 3.67. The number of nitrogens with one attached hydrogen (secondary N) is 1. The molecular formula is C15H30N2.